The van der Waals surface area contributed by atoms with Gasteiger partial charge in [0.05, 0.1) is 11.5 Å². The van der Waals surface area contributed by atoms with E-state index in [0.717, 1.165) is 10.8 Å². The first-order valence-electron chi connectivity index (χ1n) is 8.52. The van der Waals surface area contributed by atoms with Gasteiger partial charge in [-0.15, -0.1) is 10.2 Å². The minimum atomic E-state index is -3.79. The first kappa shape index (κ1) is 19.7. The van der Waals surface area contributed by atoms with E-state index >= 15 is 0 Å². The second kappa shape index (κ2) is 7.90. The lowest BCUT2D eigenvalue weighted by Gasteiger charge is -2.16. The molecule has 2 aromatic carbocycles. The zero-order valence-corrected chi connectivity index (χ0v) is 16.5. The molecule has 1 aromatic heterocycles. The molecular formula is C19H20ClN3O3S. The molecule has 0 saturated carbocycles. The van der Waals surface area contributed by atoms with E-state index in [1.54, 1.807) is 19.1 Å². The highest BCUT2D eigenvalue weighted by Crippen LogP contribution is 2.31. The second-order valence-corrected chi connectivity index (χ2v) is 8.31. The van der Waals surface area contributed by atoms with Gasteiger partial charge in [0.15, 0.2) is 5.15 Å². The molecule has 0 spiro atoms. The maximum absolute atomic E-state index is 12.8. The number of fused-ring (bicyclic) bond motifs is 1. The number of halogens is 1. The summed E-state index contributed by atoms with van der Waals surface area (Å²) in [5.41, 5.74) is 1.78. The molecule has 0 aliphatic rings. The van der Waals surface area contributed by atoms with Gasteiger partial charge in [0.1, 0.15) is 5.69 Å². The molecule has 8 heteroatoms. The summed E-state index contributed by atoms with van der Waals surface area (Å²) in [4.78, 5) is 0.146. The van der Waals surface area contributed by atoms with Gasteiger partial charge in [0.2, 0.25) is 10.0 Å². The zero-order valence-electron chi connectivity index (χ0n) is 15.0. The van der Waals surface area contributed by atoms with E-state index in [-0.39, 0.29) is 11.5 Å². The van der Waals surface area contributed by atoms with Crippen LogP contribution in [0.15, 0.2) is 47.4 Å². The summed E-state index contributed by atoms with van der Waals surface area (Å²) in [6.07, 6.45) is 0.488. The highest BCUT2D eigenvalue weighted by Gasteiger charge is 2.22. The summed E-state index contributed by atoms with van der Waals surface area (Å²) in [5.74, 6) is 0. The summed E-state index contributed by atoms with van der Waals surface area (Å²) < 4.78 is 28.1. The van der Waals surface area contributed by atoms with Crippen molar-refractivity contribution in [3.8, 4) is 11.3 Å². The Morgan fingerprint density at radius 3 is 2.52 bits per heavy atom. The molecule has 1 atom stereocenters. The number of rotatable bonds is 6. The number of aryl methyl sites for hydroxylation is 1. The number of aliphatic hydroxyl groups excluding tert-OH is 1. The summed E-state index contributed by atoms with van der Waals surface area (Å²) in [5, 5.41) is 19.3. The minimum absolute atomic E-state index is 0.146. The van der Waals surface area contributed by atoms with Crippen molar-refractivity contribution in [1.82, 2.24) is 14.9 Å². The monoisotopic (exact) mass is 405 g/mol. The van der Waals surface area contributed by atoms with Crippen LogP contribution in [0, 0.1) is 6.92 Å². The van der Waals surface area contributed by atoms with Gasteiger partial charge in [0.25, 0.3) is 0 Å². The first-order valence-corrected chi connectivity index (χ1v) is 10.4. The first-order chi connectivity index (χ1) is 12.9. The smallest absolute Gasteiger partial charge is 0.241 e. The van der Waals surface area contributed by atoms with Crippen LogP contribution >= 0.6 is 11.6 Å². The minimum Gasteiger partial charge on any atom is -0.395 e. The van der Waals surface area contributed by atoms with Gasteiger partial charge in [-0.05, 0) is 25.0 Å². The third-order valence-electron chi connectivity index (χ3n) is 4.43. The molecule has 1 heterocycles. The largest absolute Gasteiger partial charge is 0.395 e. The van der Waals surface area contributed by atoms with Crippen molar-refractivity contribution in [2.75, 3.05) is 6.61 Å². The zero-order chi connectivity index (χ0) is 19.6. The summed E-state index contributed by atoms with van der Waals surface area (Å²) in [7, 11) is -3.79. The van der Waals surface area contributed by atoms with Crippen LogP contribution in [0.25, 0.3) is 22.0 Å². The number of aromatic nitrogens is 2. The molecule has 0 fully saturated rings. The highest BCUT2D eigenvalue weighted by molar-refractivity contribution is 7.89. The Balaban J connectivity index is 2.14. The molecule has 0 aliphatic carbocycles. The average Bonchev–Trinajstić information content (AvgIpc) is 2.67. The number of nitrogens with zero attached hydrogens (tertiary/aromatic N) is 2. The highest BCUT2D eigenvalue weighted by atomic mass is 35.5. The number of benzene rings is 2. The predicted octanol–water partition coefficient (Wildman–Crippen LogP) is 3.31. The van der Waals surface area contributed by atoms with Gasteiger partial charge in [-0.2, -0.15) is 0 Å². The molecule has 27 heavy (non-hydrogen) atoms. The van der Waals surface area contributed by atoms with Crippen LogP contribution in [0.2, 0.25) is 5.15 Å². The van der Waals surface area contributed by atoms with E-state index in [4.69, 9.17) is 11.6 Å². The molecule has 0 bridgehead atoms. The molecule has 0 saturated heterocycles. The van der Waals surface area contributed by atoms with Gasteiger partial charge >= 0.3 is 0 Å². The van der Waals surface area contributed by atoms with Crippen LogP contribution in [-0.4, -0.2) is 36.4 Å². The van der Waals surface area contributed by atoms with E-state index < -0.39 is 16.1 Å². The van der Waals surface area contributed by atoms with Crippen molar-refractivity contribution in [3.05, 3.63) is 53.2 Å². The molecule has 0 radical (unpaired) electrons. The standard InChI is InChI=1S/C19H20ClN3O3S/c1-3-14(11-24)23-27(25,26)17-10-13(9-8-12(17)2)18-15-6-4-5-7-16(15)19(20)22-21-18/h4-10,14,23-24H,3,11H2,1-2H3. The van der Waals surface area contributed by atoms with Crippen LogP contribution in [-0.2, 0) is 10.0 Å². The third-order valence-corrected chi connectivity index (χ3v) is 6.37. The number of hydrogen-bond acceptors (Lipinski definition) is 5. The number of aliphatic hydroxyl groups is 1. The van der Waals surface area contributed by atoms with E-state index in [1.165, 1.54) is 0 Å². The topological polar surface area (TPSA) is 92.2 Å². The van der Waals surface area contributed by atoms with Crippen LogP contribution < -0.4 is 4.72 Å². The summed E-state index contributed by atoms with van der Waals surface area (Å²) >= 11 is 6.13. The van der Waals surface area contributed by atoms with Crippen molar-refractivity contribution in [3.63, 3.8) is 0 Å². The Kier molecular flexibility index (Phi) is 5.76. The van der Waals surface area contributed by atoms with Crippen LogP contribution in [0.3, 0.4) is 0 Å². The van der Waals surface area contributed by atoms with Gasteiger partial charge in [0, 0.05) is 22.4 Å². The van der Waals surface area contributed by atoms with Crippen LogP contribution in [0.5, 0.6) is 0 Å². The Hall–Kier alpha value is -2.06. The molecule has 0 aliphatic heterocycles. The van der Waals surface area contributed by atoms with Gasteiger partial charge in [-0.3, -0.25) is 0 Å². The Morgan fingerprint density at radius 1 is 1.15 bits per heavy atom. The van der Waals surface area contributed by atoms with Gasteiger partial charge < -0.3 is 5.11 Å². The molecule has 142 valence electrons. The fraction of sp³-hybridized carbons (Fsp3) is 0.263. The lowest BCUT2D eigenvalue weighted by atomic mass is 10.0. The molecular weight excluding hydrogens is 386 g/mol. The van der Waals surface area contributed by atoms with Crippen LogP contribution in [0.4, 0.5) is 0 Å². The number of hydrogen-bond donors (Lipinski definition) is 2. The molecule has 3 aromatic rings. The Labute approximate surface area is 163 Å². The normalized spacial score (nSPS) is 13.0. The van der Waals surface area contributed by atoms with Crippen molar-refractivity contribution < 1.29 is 13.5 Å². The predicted molar refractivity (Wildman–Crippen MR) is 106 cm³/mol. The van der Waals surface area contributed by atoms with Gasteiger partial charge in [-0.25, -0.2) is 13.1 Å². The van der Waals surface area contributed by atoms with E-state index in [0.29, 0.717) is 28.4 Å². The van der Waals surface area contributed by atoms with Crippen molar-refractivity contribution in [2.24, 2.45) is 0 Å². The van der Waals surface area contributed by atoms with Crippen molar-refractivity contribution in [2.45, 2.75) is 31.2 Å². The molecule has 3 rings (SSSR count). The Morgan fingerprint density at radius 2 is 1.85 bits per heavy atom. The molecule has 6 nitrogen and oxygen atoms in total. The van der Waals surface area contributed by atoms with Crippen LogP contribution in [0.1, 0.15) is 18.9 Å². The van der Waals surface area contributed by atoms with Gasteiger partial charge in [-0.1, -0.05) is 54.9 Å². The molecule has 0 amide bonds. The van der Waals surface area contributed by atoms with E-state index in [9.17, 15) is 13.5 Å². The quantitative estimate of drug-likeness (QED) is 0.656. The van der Waals surface area contributed by atoms with Crippen molar-refractivity contribution in [1.29, 1.82) is 0 Å². The SMILES string of the molecule is CCC(CO)NS(=O)(=O)c1cc(-c2nnc(Cl)c3ccccc23)ccc1C. The fourth-order valence-electron chi connectivity index (χ4n) is 2.85. The van der Waals surface area contributed by atoms with E-state index in [1.807, 2.05) is 37.3 Å². The summed E-state index contributed by atoms with van der Waals surface area (Å²) in [6, 6.07) is 12.0. The Bertz CT molecular complexity index is 1080. The second-order valence-electron chi connectivity index (χ2n) is 6.27. The maximum Gasteiger partial charge on any atom is 0.241 e. The fourth-order valence-corrected chi connectivity index (χ4v) is 4.64. The third kappa shape index (κ3) is 3.96. The average molecular weight is 406 g/mol. The van der Waals surface area contributed by atoms with Crippen molar-refractivity contribution >= 4 is 32.4 Å². The number of sulfonamides is 1. The lowest BCUT2D eigenvalue weighted by molar-refractivity contribution is 0.254. The lowest BCUT2D eigenvalue weighted by Crippen LogP contribution is -2.37. The maximum atomic E-state index is 12.8. The number of nitrogens with one attached hydrogen (secondary N) is 1. The summed E-state index contributed by atoms with van der Waals surface area (Å²) in [6.45, 7) is 3.27. The molecule has 1 unspecified atom stereocenters. The van der Waals surface area contributed by atoms with E-state index in [2.05, 4.69) is 14.9 Å². The molecule has 2 N–H and O–H groups in total.